The molecule has 0 amide bonds. The molecule has 5 rings (SSSR count). The normalized spacial score (nSPS) is 37.7. The van der Waals surface area contributed by atoms with Gasteiger partial charge in [-0.1, -0.05) is 12.1 Å². The largest absolute Gasteiger partial charge is 0.507 e. The Kier molecular flexibility index (Phi) is 9.10. The number of aliphatic hydroxyl groups is 7. The van der Waals surface area contributed by atoms with E-state index in [0.29, 0.717) is 11.3 Å². The Balaban J connectivity index is 1.43. The topological polar surface area (TPSA) is 234 Å². The molecule has 8 N–H and O–H groups in total. The van der Waals surface area contributed by atoms with E-state index in [1.165, 1.54) is 20.1 Å². The maximum absolute atomic E-state index is 13.0. The number of fused-ring (bicyclic) bond motifs is 1. The zero-order chi connectivity index (χ0) is 31.2. The average molecular weight is 611 g/mol. The van der Waals surface area contributed by atoms with Crippen LogP contribution in [-0.4, -0.2) is 128 Å². The zero-order valence-corrected chi connectivity index (χ0v) is 23.0. The van der Waals surface area contributed by atoms with Gasteiger partial charge in [0.2, 0.25) is 12.1 Å². The summed E-state index contributed by atoms with van der Waals surface area (Å²) in [7, 11) is 1.45. The Hall–Kier alpha value is -3.09. The van der Waals surface area contributed by atoms with Crippen LogP contribution >= 0.6 is 0 Å². The Morgan fingerprint density at radius 3 is 2.30 bits per heavy atom. The van der Waals surface area contributed by atoms with Crippen molar-refractivity contribution < 1.29 is 74.1 Å². The highest BCUT2D eigenvalue weighted by Crippen LogP contribution is 2.43. The highest BCUT2D eigenvalue weighted by atomic mass is 16.8. The van der Waals surface area contributed by atoms with Crippen molar-refractivity contribution in [3.8, 4) is 23.0 Å². The van der Waals surface area contributed by atoms with Gasteiger partial charge in [-0.2, -0.15) is 0 Å². The fourth-order valence-corrected chi connectivity index (χ4v) is 5.25. The number of hydrogen-bond donors (Lipinski definition) is 8. The van der Waals surface area contributed by atoms with Gasteiger partial charge in [0.15, 0.2) is 24.6 Å². The summed E-state index contributed by atoms with van der Waals surface area (Å²) < 4.78 is 33.7. The molecule has 12 unspecified atom stereocenters. The predicted octanol–water partition coefficient (Wildman–Crippen LogP) is -1.89. The molecule has 2 saturated heterocycles. The van der Waals surface area contributed by atoms with E-state index in [0.717, 1.165) is 6.07 Å². The van der Waals surface area contributed by atoms with E-state index >= 15 is 0 Å². The van der Waals surface area contributed by atoms with Crippen molar-refractivity contribution in [3.63, 3.8) is 0 Å². The maximum Gasteiger partial charge on any atom is 0.229 e. The molecule has 3 aliphatic heterocycles. The smallest absolute Gasteiger partial charge is 0.229 e. The van der Waals surface area contributed by atoms with Crippen LogP contribution in [0, 0.1) is 0 Å². The lowest BCUT2D eigenvalue weighted by molar-refractivity contribution is -0.354. The minimum atomic E-state index is -1.78. The summed E-state index contributed by atoms with van der Waals surface area (Å²) in [5.41, 5.74) is 0.108. The van der Waals surface area contributed by atoms with Gasteiger partial charge in [-0.15, -0.1) is 0 Å². The number of methoxy groups -OCH3 is 1. The van der Waals surface area contributed by atoms with E-state index in [1.54, 1.807) is 24.3 Å². The fraction of sp³-hybridized carbons (Fsp3) is 0.536. The number of hydrogen-bond acceptors (Lipinski definition) is 15. The van der Waals surface area contributed by atoms with Crippen LogP contribution in [-0.2, 0) is 14.2 Å². The number of benzene rings is 2. The Morgan fingerprint density at radius 1 is 0.860 bits per heavy atom. The summed E-state index contributed by atoms with van der Waals surface area (Å²) in [5.74, 6) is -1.29. The van der Waals surface area contributed by atoms with Crippen LogP contribution in [0.15, 0.2) is 36.4 Å². The van der Waals surface area contributed by atoms with Gasteiger partial charge < -0.3 is 69.3 Å². The number of rotatable bonds is 7. The quantitative estimate of drug-likeness (QED) is 0.171. The predicted molar refractivity (Wildman–Crippen MR) is 140 cm³/mol. The fourth-order valence-electron chi connectivity index (χ4n) is 5.25. The molecule has 3 heterocycles. The van der Waals surface area contributed by atoms with Crippen LogP contribution in [0.25, 0.3) is 0 Å². The van der Waals surface area contributed by atoms with Crippen LogP contribution in [0.4, 0.5) is 0 Å². The van der Waals surface area contributed by atoms with Crippen molar-refractivity contribution in [3.05, 3.63) is 47.5 Å². The lowest BCUT2D eigenvalue weighted by Crippen LogP contribution is -2.64. The van der Waals surface area contributed by atoms with Crippen molar-refractivity contribution in [2.75, 3.05) is 13.7 Å². The molecule has 2 aromatic carbocycles. The third-order valence-electron chi connectivity index (χ3n) is 7.71. The molecule has 0 aliphatic carbocycles. The van der Waals surface area contributed by atoms with Gasteiger partial charge in [0, 0.05) is 12.1 Å². The lowest BCUT2D eigenvalue weighted by Gasteiger charge is -2.45. The summed E-state index contributed by atoms with van der Waals surface area (Å²) in [6, 6.07) is 8.76. The van der Waals surface area contributed by atoms with Gasteiger partial charge in [0.25, 0.3) is 0 Å². The van der Waals surface area contributed by atoms with Crippen molar-refractivity contribution in [1.82, 2.24) is 0 Å². The second-order valence-corrected chi connectivity index (χ2v) is 10.5. The standard InChI is InChI=1S/C28H34O15/c1-10-18(31)21(34)24(37)27(39-10)43-26-22(35)19(32)16(9-29)42-28(26)40-13-7-14(30)17-15(8-13)41-25(23(36)20(17)33)11-4-3-5-12(6-11)38-2/h3-8,10,16,18-19,21-32,34-37H,9H2,1-2H3. The van der Waals surface area contributed by atoms with E-state index in [4.69, 9.17) is 28.4 Å². The third-order valence-corrected chi connectivity index (χ3v) is 7.71. The minimum absolute atomic E-state index is 0.150. The number of phenols is 1. The molecule has 0 radical (unpaired) electrons. The van der Waals surface area contributed by atoms with Gasteiger partial charge in [-0.25, -0.2) is 0 Å². The number of carbonyl (C=O) groups is 1. The van der Waals surface area contributed by atoms with E-state index < -0.39 is 91.8 Å². The Morgan fingerprint density at radius 2 is 1.60 bits per heavy atom. The summed E-state index contributed by atoms with van der Waals surface area (Å²) in [6.45, 7) is 0.684. The van der Waals surface area contributed by atoms with Crippen molar-refractivity contribution in [2.45, 2.75) is 80.5 Å². The maximum atomic E-state index is 13.0. The first-order chi connectivity index (χ1) is 20.4. The molecule has 43 heavy (non-hydrogen) atoms. The van der Waals surface area contributed by atoms with Gasteiger partial charge in [0.05, 0.1) is 19.8 Å². The molecule has 12 atom stereocenters. The summed E-state index contributed by atoms with van der Waals surface area (Å²) >= 11 is 0. The van der Waals surface area contributed by atoms with E-state index in [9.17, 15) is 45.6 Å². The first kappa shape index (κ1) is 31.3. The molecule has 15 heteroatoms. The molecule has 3 aliphatic rings. The zero-order valence-electron chi connectivity index (χ0n) is 23.0. The summed E-state index contributed by atoms with van der Waals surface area (Å²) in [4.78, 5) is 13.0. The lowest BCUT2D eigenvalue weighted by atomic mass is 9.92. The number of Topliss-reactive ketones (excluding diaryl/α,β-unsaturated/α-hetero) is 1. The molecular formula is C28H34O15. The highest BCUT2D eigenvalue weighted by molar-refractivity contribution is 6.05. The molecule has 0 saturated carbocycles. The number of carbonyl (C=O) groups excluding carboxylic acids is 1. The van der Waals surface area contributed by atoms with Crippen LogP contribution < -0.4 is 14.2 Å². The molecule has 236 valence electrons. The number of phenolic OH excluding ortho intramolecular Hbond substituents is 1. The second-order valence-electron chi connectivity index (χ2n) is 10.5. The molecular weight excluding hydrogens is 576 g/mol. The Labute approximate surface area is 245 Å². The van der Waals surface area contributed by atoms with E-state index in [2.05, 4.69) is 0 Å². The van der Waals surface area contributed by atoms with Crippen molar-refractivity contribution in [1.29, 1.82) is 0 Å². The number of aliphatic hydroxyl groups excluding tert-OH is 7. The van der Waals surface area contributed by atoms with Crippen molar-refractivity contribution >= 4 is 5.78 Å². The molecule has 0 aromatic heterocycles. The highest BCUT2D eigenvalue weighted by Gasteiger charge is 2.51. The SMILES string of the molecule is COc1cccc(C2Oc3cc(OC4OC(CO)C(O)C(O)C4OC4OC(C)C(O)C(O)C4O)cc(O)c3C(=O)C2O)c1. The molecule has 0 bridgehead atoms. The minimum Gasteiger partial charge on any atom is -0.507 e. The van der Waals surface area contributed by atoms with E-state index in [-0.39, 0.29) is 17.1 Å². The number of ketones is 1. The average Bonchev–Trinajstić information content (AvgIpc) is 2.99. The third kappa shape index (κ3) is 5.88. The van der Waals surface area contributed by atoms with E-state index in [1.807, 2.05) is 0 Å². The molecule has 2 aromatic rings. The summed E-state index contributed by atoms with van der Waals surface area (Å²) in [5, 5.41) is 83.0. The molecule has 0 spiro atoms. The number of aromatic hydroxyl groups is 1. The van der Waals surface area contributed by atoms with Crippen molar-refractivity contribution in [2.24, 2.45) is 0 Å². The van der Waals surface area contributed by atoms with Gasteiger partial charge >= 0.3 is 0 Å². The molecule has 15 nitrogen and oxygen atoms in total. The Bertz CT molecular complexity index is 1300. The monoisotopic (exact) mass is 610 g/mol. The van der Waals surface area contributed by atoms with Crippen LogP contribution in [0.2, 0.25) is 0 Å². The van der Waals surface area contributed by atoms with Crippen LogP contribution in [0.5, 0.6) is 23.0 Å². The first-order valence-electron chi connectivity index (χ1n) is 13.5. The summed E-state index contributed by atoms with van der Waals surface area (Å²) in [6.07, 6.45) is -18.3. The second kappa shape index (κ2) is 12.5. The van der Waals surface area contributed by atoms with Crippen LogP contribution in [0.1, 0.15) is 28.9 Å². The number of ether oxygens (including phenoxy) is 6. The molecule has 2 fully saturated rings. The van der Waals surface area contributed by atoms with Gasteiger partial charge in [-0.05, 0) is 24.6 Å². The van der Waals surface area contributed by atoms with Gasteiger partial charge in [0.1, 0.15) is 65.2 Å². The first-order valence-corrected chi connectivity index (χ1v) is 13.5. The van der Waals surface area contributed by atoms with Gasteiger partial charge in [-0.3, -0.25) is 4.79 Å². The van der Waals surface area contributed by atoms with Crippen LogP contribution in [0.3, 0.4) is 0 Å².